The Morgan fingerprint density at radius 3 is 2.58 bits per heavy atom. The molecule has 7 N–H and O–H groups in total. The van der Waals surface area contributed by atoms with Gasteiger partial charge in [0.1, 0.15) is 21.9 Å². The first kappa shape index (κ1) is 25.0. The molecule has 6 rings (SSSR count). The smallest absolute Gasteiger partial charge is 0.238 e. The van der Waals surface area contributed by atoms with Gasteiger partial charge in [-0.25, -0.2) is 23.5 Å². The lowest BCUT2D eigenvalue weighted by Gasteiger charge is -2.32. The SMILES string of the molecule is Cc1nc(NCc2ccc(S(N)(=O)=O)cc2)nc(NC2(O)CCC3C(O)C32O)c1-c1nc2cnccc2s1. The van der Waals surface area contributed by atoms with Crippen LogP contribution in [0.3, 0.4) is 0 Å². The maximum atomic E-state index is 11.5. The lowest BCUT2D eigenvalue weighted by atomic mass is 10.0. The molecule has 0 amide bonds. The van der Waals surface area contributed by atoms with Gasteiger partial charge in [-0.2, -0.15) is 4.98 Å². The quantitative estimate of drug-likeness (QED) is 0.180. The first-order valence-electron chi connectivity index (χ1n) is 11.9. The van der Waals surface area contributed by atoms with Crippen LogP contribution >= 0.6 is 11.3 Å². The number of fused-ring (bicyclic) bond motifs is 2. The van der Waals surface area contributed by atoms with E-state index >= 15 is 0 Å². The Labute approximate surface area is 221 Å². The van der Waals surface area contributed by atoms with E-state index in [0.717, 1.165) is 10.3 Å². The number of aromatic nitrogens is 4. The van der Waals surface area contributed by atoms with Crippen LogP contribution in [0.15, 0.2) is 47.6 Å². The van der Waals surface area contributed by atoms with Gasteiger partial charge in [-0.15, -0.1) is 11.3 Å². The summed E-state index contributed by atoms with van der Waals surface area (Å²) >= 11 is 1.42. The molecule has 2 aliphatic rings. The third kappa shape index (κ3) is 4.00. The molecule has 14 heteroatoms. The Morgan fingerprint density at radius 2 is 1.92 bits per heavy atom. The number of hydrogen-bond donors (Lipinski definition) is 6. The van der Waals surface area contributed by atoms with Crippen molar-refractivity contribution in [1.29, 1.82) is 0 Å². The average molecular weight is 556 g/mol. The van der Waals surface area contributed by atoms with E-state index in [2.05, 4.69) is 30.6 Å². The molecule has 0 bridgehead atoms. The molecular formula is C24H25N7O5S2. The number of nitrogens with one attached hydrogen (secondary N) is 2. The maximum Gasteiger partial charge on any atom is 0.238 e. The molecule has 0 spiro atoms. The molecule has 4 atom stereocenters. The number of thiazole rings is 1. The topological polar surface area (TPSA) is 196 Å². The number of hydrogen-bond acceptors (Lipinski definition) is 12. The van der Waals surface area contributed by atoms with Crippen molar-refractivity contribution in [3.8, 4) is 10.6 Å². The second-order valence-corrected chi connectivity index (χ2v) is 12.3. The van der Waals surface area contributed by atoms with Gasteiger partial charge in [-0.05, 0) is 43.5 Å². The Kier molecular flexibility index (Phi) is 5.68. The Morgan fingerprint density at radius 1 is 1.16 bits per heavy atom. The molecule has 12 nitrogen and oxygen atoms in total. The molecular weight excluding hydrogens is 530 g/mol. The molecule has 2 fully saturated rings. The number of anilines is 2. The van der Waals surface area contributed by atoms with E-state index in [1.807, 2.05) is 6.07 Å². The fourth-order valence-electron chi connectivity index (χ4n) is 5.14. The van der Waals surface area contributed by atoms with Gasteiger partial charge in [0.05, 0.1) is 33.2 Å². The van der Waals surface area contributed by atoms with Gasteiger partial charge in [0.25, 0.3) is 0 Å². The van der Waals surface area contributed by atoms with Crippen molar-refractivity contribution >= 4 is 43.3 Å². The van der Waals surface area contributed by atoms with Crippen LogP contribution in [0.4, 0.5) is 11.8 Å². The number of aryl methyl sites for hydroxylation is 1. The third-order valence-corrected chi connectivity index (χ3v) is 9.27. The fraction of sp³-hybridized carbons (Fsp3) is 0.333. The fourth-order valence-corrected chi connectivity index (χ4v) is 6.69. The number of nitrogens with two attached hydrogens (primary N) is 1. The average Bonchev–Trinajstić information content (AvgIpc) is 3.14. The van der Waals surface area contributed by atoms with Gasteiger partial charge < -0.3 is 26.0 Å². The maximum absolute atomic E-state index is 11.5. The van der Waals surface area contributed by atoms with Crippen LogP contribution in [0.1, 0.15) is 24.1 Å². The molecule has 3 heterocycles. The largest absolute Gasteiger partial charge is 0.390 e. The number of sulfonamides is 1. The minimum Gasteiger partial charge on any atom is -0.390 e. The molecule has 2 saturated carbocycles. The molecule has 0 aliphatic heterocycles. The van der Waals surface area contributed by atoms with Crippen molar-refractivity contribution in [3.63, 3.8) is 0 Å². The monoisotopic (exact) mass is 555 g/mol. The highest BCUT2D eigenvalue weighted by Gasteiger charge is 2.78. The van der Waals surface area contributed by atoms with Crippen LogP contribution in [-0.4, -0.2) is 61.1 Å². The lowest BCUT2D eigenvalue weighted by molar-refractivity contribution is -0.0851. The van der Waals surface area contributed by atoms with Gasteiger partial charge in [0.15, 0.2) is 5.72 Å². The molecule has 4 unspecified atom stereocenters. The summed E-state index contributed by atoms with van der Waals surface area (Å²) in [7, 11) is -3.79. The Bertz CT molecular complexity index is 1630. The summed E-state index contributed by atoms with van der Waals surface area (Å²) in [4.78, 5) is 18.0. The summed E-state index contributed by atoms with van der Waals surface area (Å²) in [6, 6.07) is 7.96. The predicted octanol–water partition coefficient (Wildman–Crippen LogP) is 1.33. The predicted molar refractivity (Wildman–Crippen MR) is 141 cm³/mol. The second-order valence-electron chi connectivity index (χ2n) is 9.66. The van der Waals surface area contributed by atoms with Gasteiger partial charge >= 0.3 is 0 Å². The molecule has 3 aromatic heterocycles. The number of nitrogens with zero attached hydrogens (tertiary/aromatic N) is 4. The summed E-state index contributed by atoms with van der Waals surface area (Å²) in [5, 5.41) is 44.5. The van der Waals surface area contributed by atoms with Gasteiger partial charge in [0.2, 0.25) is 16.0 Å². The molecule has 0 radical (unpaired) electrons. The van der Waals surface area contributed by atoms with Gasteiger partial charge in [-0.1, -0.05) is 12.1 Å². The number of benzene rings is 1. The van der Waals surface area contributed by atoms with E-state index < -0.39 is 33.4 Å². The van der Waals surface area contributed by atoms with Crippen LogP contribution in [0, 0.1) is 12.8 Å². The molecule has 198 valence electrons. The zero-order valence-corrected chi connectivity index (χ0v) is 21.8. The Balaban J connectivity index is 1.35. The van der Waals surface area contributed by atoms with Crippen molar-refractivity contribution < 1.29 is 23.7 Å². The van der Waals surface area contributed by atoms with Gasteiger partial charge in [-0.3, -0.25) is 4.98 Å². The highest BCUT2D eigenvalue weighted by atomic mass is 32.2. The Hall–Kier alpha value is -3.27. The van der Waals surface area contributed by atoms with E-state index in [1.54, 1.807) is 31.5 Å². The van der Waals surface area contributed by atoms with Crippen molar-refractivity contribution in [2.75, 3.05) is 10.6 Å². The zero-order chi connectivity index (χ0) is 26.9. The summed E-state index contributed by atoms with van der Waals surface area (Å²) in [5.74, 6) is 0.0959. The standard InChI is InChI=1S/C24H25N7O5S2/c1-12-18(21-29-16-11-26-9-7-17(16)37-21)20(31-23(33)8-6-15-19(32)24(15,23)34)30-22(28-12)27-10-13-2-4-14(5-3-13)38(25,35)36/h2-5,7,9,11,15,19,32-34H,6,8,10H2,1H3,(H2,25,35,36)(H2,27,28,30,31). The van der Waals surface area contributed by atoms with E-state index in [4.69, 9.17) is 5.14 Å². The summed E-state index contributed by atoms with van der Waals surface area (Å²) in [5.41, 5.74) is -0.847. The summed E-state index contributed by atoms with van der Waals surface area (Å²) in [6.45, 7) is 2.08. The summed E-state index contributed by atoms with van der Waals surface area (Å²) in [6.07, 6.45) is 3.02. The first-order valence-corrected chi connectivity index (χ1v) is 14.2. The third-order valence-electron chi connectivity index (χ3n) is 7.29. The van der Waals surface area contributed by atoms with Crippen molar-refractivity contribution in [2.24, 2.45) is 11.1 Å². The van der Waals surface area contributed by atoms with Crippen LogP contribution in [0.5, 0.6) is 0 Å². The van der Waals surface area contributed by atoms with Crippen LogP contribution in [0.25, 0.3) is 20.8 Å². The molecule has 0 saturated heterocycles. The van der Waals surface area contributed by atoms with Crippen LogP contribution < -0.4 is 15.8 Å². The number of aliphatic hydroxyl groups excluding tert-OH is 1. The molecule has 1 aromatic carbocycles. The van der Waals surface area contributed by atoms with E-state index in [0.29, 0.717) is 28.2 Å². The number of aliphatic hydroxyl groups is 3. The molecule has 2 aliphatic carbocycles. The zero-order valence-electron chi connectivity index (χ0n) is 20.2. The van der Waals surface area contributed by atoms with Crippen molar-refractivity contribution in [2.45, 2.75) is 48.6 Å². The molecule has 38 heavy (non-hydrogen) atoms. The molecule has 4 aromatic rings. The van der Waals surface area contributed by atoms with Crippen LogP contribution in [-0.2, 0) is 16.6 Å². The minimum atomic E-state index is -3.79. The van der Waals surface area contributed by atoms with Crippen molar-refractivity contribution in [1.82, 2.24) is 19.9 Å². The minimum absolute atomic E-state index is 0.0125. The number of pyridine rings is 1. The second kappa shape index (κ2) is 8.62. The van der Waals surface area contributed by atoms with E-state index in [1.165, 1.54) is 23.5 Å². The lowest BCUT2D eigenvalue weighted by Crippen LogP contribution is -2.51. The van der Waals surface area contributed by atoms with E-state index in [-0.39, 0.29) is 29.6 Å². The number of rotatable bonds is 7. The number of primary sulfonamides is 1. The highest BCUT2D eigenvalue weighted by Crippen LogP contribution is 2.61. The first-order chi connectivity index (χ1) is 18.0. The van der Waals surface area contributed by atoms with Gasteiger partial charge in [0, 0.05) is 18.7 Å². The van der Waals surface area contributed by atoms with E-state index in [9.17, 15) is 23.7 Å². The highest BCUT2D eigenvalue weighted by molar-refractivity contribution is 7.89. The van der Waals surface area contributed by atoms with Crippen LogP contribution in [0.2, 0.25) is 0 Å². The normalized spacial score (nSPS) is 26.3. The van der Waals surface area contributed by atoms with Crippen molar-refractivity contribution in [3.05, 3.63) is 54.0 Å². The summed E-state index contributed by atoms with van der Waals surface area (Å²) < 4.78 is 23.9.